The van der Waals surface area contributed by atoms with Crippen LogP contribution in [0.3, 0.4) is 0 Å². The van der Waals surface area contributed by atoms with E-state index in [2.05, 4.69) is 9.97 Å². The summed E-state index contributed by atoms with van der Waals surface area (Å²) in [5.41, 5.74) is 6.61. The molecule has 43 heavy (non-hydrogen) atoms. The second-order valence-corrected chi connectivity index (χ2v) is 9.93. The van der Waals surface area contributed by atoms with Crippen molar-refractivity contribution in [3.8, 4) is 11.5 Å². The molecule has 0 aliphatic heterocycles. The van der Waals surface area contributed by atoms with Crippen molar-refractivity contribution in [3.05, 3.63) is 118 Å². The Kier molecular flexibility index (Phi) is 10.1. The van der Waals surface area contributed by atoms with Crippen molar-refractivity contribution in [2.24, 2.45) is 0 Å². The lowest BCUT2D eigenvalue weighted by atomic mass is 9.87. The van der Waals surface area contributed by atoms with Gasteiger partial charge in [0.25, 0.3) is 0 Å². The van der Waals surface area contributed by atoms with Crippen molar-refractivity contribution in [1.82, 2.24) is 9.97 Å². The van der Waals surface area contributed by atoms with Crippen molar-refractivity contribution >= 4 is 64.8 Å². The molecule has 1 saturated carbocycles. The smallest absolute Gasteiger partial charge is 0.185 e. The summed E-state index contributed by atoms with van der Waals surface area (Å²) in [6.07, 6.45) is 5.59. The minimum atomic E-state index is -0.487. The zero-order valence-electron chi connectivity index (χ0n) is 23.2. The van der Waals surface area contributed by atoms with Crippen molar-refractivity contribution in [1.29, 1.82) is 0 Å². The normalized spacial score (nSPS) is 14.9. The molecule has 0 unspecified atom stereocenters. The fraction of sp³-hybridized carbons (Fsp3) is 0.147. The number of hydrogen-bond donors (Lipinski definition) is 0. The third kappa shape index (κ3) is 7.01. The molecule has 0 N–H and O–H groups in total. The maximum absolute atomic E-state index is 14.7. The highest BCUT2D eigenvalue weighted by atomic mass is 35.5. The highest BCUT2D eigenvalue weighted by Crippen LogP contribution is 2.30. The number of hydrogen-bond acceptors (Lipinski definition) is 5. The van der Waals surface area contributed by atoms with Crippen LogP contribution >= 0.6 is 24.8 Å². The van der Waals surface area contributed by atoms with E-state index in [0.29, 0.717) is 35.1 Å². The monoisotopic (exact) mass is 620 g/mol. The Morgan fingerprint density at radius 3 is 1.91 bits per heavy atom. The standard InChI is InChI=1S/C34H26F2N2O3.2ClH/c1-40-32-18-21(9-12-26(32)35)15-24-5-4-6-25(34(24)39)16-22-10-13-27(36)33(19-22)41-20-23-11-14-30-31(17-23)38-29-8-3-2-7-28(29)37-30;;/h2-3,7-19H,4-6,20H2,1H3;2*1H/b24-15+,25-16+;;. The number of ether oxygens (including phenoxy) is 2. The number of methoxy groups -OCH3 is 1. The van der Waals surface area contributed by atoms with Gasteiger partial charge in [-0.05, 0) is 96.6 Å². The molecule has 1 aliphatic rings. The summed E-state index contributed by atoms with van der Waals surface area (Å²) >= 11 is 0. The minimum Gasteiger partial charge on any atom is -0.494 e. The first-order valence-corrected chi connectivity index (χ1v) is 13.3. The SMILES string of the molecule is COc1cc(/C=C2\CCC/C(=C\c3ccc(F)c(OCc4ccc5nc6ccccc6nc5c4)c3)C2=O)ccc1F.Cl.Cl. The minimum absolute atomic E-state index is 0. The summed E-state index contributed by atoms with van der Waals surface area (Å²) < 4.78 is 39.4. The lowest BCUT2D eigenvalue weighted by Crippen LogP contribution is -2.12. The summed E-state index contributed by atoms with van der Waals surface area (Å²) in [6.45, 7) is 0.147. The lowest BCUT2D eigenvalue weighted by Gasteiger charge is -2.17. The maximum Gasteiger partial charge on any atom is 0.185 e. The third-order valence-electron chi connectivity index (χ3n) is 7.09. The molecule has 1 aliphatic carbocycles. The van der Waals surface area contributed by atoms with Gasteiger partial charge in [0.15, 0.2) is 28.9 Å². The second kappa shape index (κ2) is 13.8. The number of halogens is 4. The molecule has 0 amide bonds. The first-order valence-electron chi connectivity index (χ1n) is 13.3. The lowest BCUT2D eigenvalue weighted by molar-refractivity contribution is -0.112. The van der Waals surface area contributed by atoms with Gasteiger partial charge in [-0.2, -0.15) is 0 Å². The van der Waals surface area contributed by atoms with E-state index in [-0.39, 0.29) is 48.7 Å². The molecule has 0 atom stereocenters. The Balaban J connectivity index is 0.00000212. The van der Waals surface area contributed by atoms with Crippen LogP contribution in [-0.2, 0) is 11.4 Å². The number of benzene rings is 4. The first-order chi connectivity index (χ1) is 20.0. The number of nitrogens with zero attached hydrogens (tertiary/aromatic N) is 2. The Morgan fingerprint density at radius 1 is 0.721 bits per heavy atom. The Hall–Kier alpha value is -4.33. The van der Waals surface area contributed by atoms with Crippen molar-refractivity contribution < 1.29 is 23.0 Å². The van der Waals surface area contributed by atoms with Crippen LogP contribution in [0.25, 0.3) is 34.2 Å². The Bertz CT molecular complexity index is 1870. The number of ketones is 1. The van der Waals surface area contributed by atoms with Gasteiger partial charge in [0.05, 0.1) is 29.2 Å². The van der Waals surface area contributed by atoms with E-state index in [9.17, 15) is 13.6 Å². The number of allylic oxidation sites excluding steroid dienone is 2. The highest BCUT2D eigenvalue weighted by molar-refractivity contribution is 6.14. The highest BCUT2D eigenvalue weighted by Gasteiger charge is 2.21. The Morgan fingerprint density at radius 2 is 1.28 bits per heavy atom. The zero-order chi connectivity index (χ0) is 28.3. The fourth-order valence-corrected chi connectivity index (χ4v) is 4.98. The molecule has 6 rings (SSSR count). The van der Waals surface area contributed by atoms with Gasteiger partial charge in [0.1, 0.15) is 6.61 Å². The number of carbonyl (C=O) groups is 1. The van der Waals surface area contributed by atoms with E-state index in [1.807, 2.05) is 42.5 Å². The molecule has 5 aromatic rings. The van der Waals surface area contributed by atoms with Gasteiger partial charge in [0.2, 0.25) is 0 Å². The quantitative estimate of drug-likeness (QED) is 0.140. The zero-order valence-corrected chi connectivity index (χ0v) is 24.8. The average molecular weight is 622 g/mol. The molecule has 0 saturated heterocycles. The van der Waals surface area contributed by atoms with Gasteiger partial charge < -0.3 is 9.47 Å². The number of Topliss-reactive ketones (excluding diaryl/α,β-unsaturated/α-hetero) is 1. The molecule has 4 aromatic carbocycles. The van der Waals surface area contributed by atoms with Crippen LogP contribution in [-0.4, -0.2) is 22.9 Å². The molecule has 0 radical (unpaired) electrons. The molecular weight excluding hydrogens is 593 g/mol. The molecule has 220 valence electrons. The van der Waals surface area contributed by atoms with Gasteiger partial charge in [-0.3, -0.25) is 4.79 Å². The van der Waals surface area contributed by atoms with Gasteiger partial charge in [-0.25, -0.2) is 18.7 Å². The van der Waals surface area contributed by atoms with E-state index in [1.54, 1.807) is 36.4 Å². The van der Waals surface area contributed by atoms with Crippen molar-refractivity contribution in [3.63, 3.8) is 0 Å². The maximum atomic E-state index is 14.7. The average Bonchev–Trinajstić information content (AvgIpc) is 2.99. The molecule has 1 aromatic heterocycles. The van der Waals surface area contributed by atoms with Crippen LogP contribution in [0.2, 0.25) is 0 Å². The predicted octanol–water partition coefficient (Wildman–Crippen LogP) is 8.71. The van der Waals surface area contributed by atoms with E-state index in [0.717, 1.165) is 34.1 Å². The van der Waals surface area contributed by atoms with Gasteiger partial charge in [-0.15, -0.1) is 24.8 Å². The third-order valence-corrected chi connectivity index (χ3v) is 7.09. The summed E-state index contributed by atoms with van der Waals surface area (Å²) in [4.78, 5) is 22.6. The van der Waals surface area contributed by atoms with Crippen LogP contribution in [0.4, 0.5) is 8.78 Å². The summed E-state index contributed by atoms with van der Waals surface area (Å²) in [6, 6.07) is 22.4. The molecule has 0 bridgehead atoms. The van der Waals surface area contributed by atoms with Gasteiger partial charge >= 0.3 is 0 Å². The molecule has 1 fully saturated rings. The predicted molar refractivity (Wildman–Crippen MR) is 170 cm³/mol. The van der Waals surface area contributed by atoms with Crippen LogP contribution < -0.4 is 9.47 Å². The van der Waals surface area contributed by atoms with E-state index >= 15 is 0 Å². The number of aromatic nitrogens is 2. The molecule has 9 heteroatoms. The Labute approximate surface area is 260 Å². The van der Waals surface area contributed by atoms with Gasteiger partial charge in [0, 0.05) is 11.1 Å². The summed E-state index contributed by atoms with van der Waals surface area (Å²) in [5, 5.41) is 0. The second-order valence-electron chi connectivity index (χ2n) is 9.93. The van der Waals surface area contributed by atoms with E-state index in [4.69, 9.17) is 9.47 Å². The number of fused-ring (bicyclic) bond motifs is 2. The summed E-state index contributed by atoms with van der Waals surface area (Å²) in [5.74, 6) is -0.790. The van der Waals surface area contributed by atoms with Crippen LogP contribution in [0.15, 0.2) is 90.0 Å². The molecular formula is C34H28Cl2F2N2O3. The first kappa shape index (κ1) is 31.6. The fourth-order valence-electron chi connectivity index (χ4n) is 4.98. The number of rotatable bonds is 6. The van der Waals surface area contributed by atoms with E-state index < -0.39 is 11.6 Å². The topological polar surface area (TPSA) is 61.3 Å². The van der Waals surface area contributed by atoms with Crippen LogP contribution in [0, 0.1) is 11.6 Å². The van der Waals surface area contributed by atoms with Crippen LogP contribution in [0.5, 0.6) is 11.5 Å². The largest absolute Gasteiger partial charge is 0.494 e. The molecule has 1 heterocycles. The van der Waals surface area contributed by atoms with Crippen LogP contribution in [0.1, 0.15) is 36.0 Å². The van der Waals surface area contributed by atoms with Crippen molar-refractivity contribution in [2.75, 3.05) is 7.11 Å². The molecule has 0 spiro atoms. The summed E-state index contributed by atoms with van der Waals surface area (Å²) in [7, 11) is 1.40. The van der Waals surface area contributed by atoms with E-state index in [1.165, 1.54) is 19.2 Å². The molecule has 5 nitrogen and oxygen atoms in total. The number of carbonyl (C=O) groups excluding carboxylic acids is 1. The number of para-hydroxylation sites is 2. The van der Waals surface area contributed by atoms with Crippen molar-refractivity contribution in [2.45, 2.75) is 25.9 Å². The van der Waals surface area contributed by atoms with Gasteiger partial charge in [-0.1, -0.05) is 30.3 Å².